The van der Waals surface area contributed by atoms with E-state index in [0.717, 1.165) is 18.0 Å². The predicted molar refractivity (Wildman–Crippen MR) is 82.9 cm³/mol. The minimum absolute atomic E-state index is 0.241. The van der Waals surface area contributed by atoms with Crippen LogP contribution in [-0.4, -0.2) is 27.8 Å². The summed E-state index contributed by atoms with van der Waals surface area (Å²) >= 11 is 0. The maximum atomic E-state index is 5.48. The Bertz CT molecular complexity index is 423. The molecular formula is C17H27NO2. The van der Waals surface area contributed by atoms with Crippen LogP contribution in [0, 0.1) is 0 Å². The van der Waals surface area contributed by atoms with Gasteiger partial charge in [-0.3, -0.25) is 0 Å². The largest absolute Gasteiger partial charge is 0.493 e. The van der Waals surface area contributed by atoms with Crippen LogP contribution in [-0.2, 0) is 5.41 Å². The van der Waals surface area contributed by atoms with E-state index in [4.69, 9.17) is 9.47 Å². The molecule has 0 bridgehead atoms. The van der Waals surface area contributed by atoms with Crippen molar-refractivity contribution < 1.29 is 9.47 Å². The summed E-state index contributed by atoms with van der Waals surface area (Å²) in [5.74, 6) is 1.65. The maximum absolute atomic E-state index is 5.48. The molecule has 0 atom stereocenters. The number of likely N-dealkylation sites (N-methyl/N-ethyl adjacent to an activating group) is 1. The standard InChI is InChI=1S/C17H27NO2/c1-18-13-17(10-6-4-5-7-11-17)14-8-9-15(19-2)16(12-14)20-3/h8-9,12,18H,4-7,10-11,13H2,1-3H3. The molecule has 1 saturated carbocycles. The predicted octanol–water partition coefficient (Wildman–Crippen LogP) is 3.52. The van der Waals surface area contributed by atoms with Crippen LogP contribution in [0.4, 0.5) is 0 Å². The highest BCUT2D eigenvalue weighted by molar-refractivity contribution is 5.45. The molecule has 0 spiro atoms. The van der Waals surface area contributed by atoms with Crippen LogP contribution >= 0.6 is 0 Å². The molecule has 2 rings (SSSR count). The lowest BCUT2D eigenvalue weighted by Crippen LogP contribution is -2.36. The molecule has 0 heterocycles. The Hall–Kier alpha value is -1.22. The molecule has 1 aliphatic carbocycles. The molecule has 1 N–H and O–H groups in total. The smallest absolute Gasteiger partial charge is 0.161 e. The summed E-state index contributed by atoms with van der Waals surface area (Å²) in [4.78, 5) is 0. The van der Waals surface area contributed by atoms with Gasteiger partial charge in [0.15, 0.2) is 11.5 Å². The van der Waals surface area contributed by atoms with Gasteiger partial charge in [-0.1, -0.05) is 31.7 Å². The lowest BCUT2D eigenvalue weighted by Gasteiger charge is -2.34. The Kier molecular flexibility index (Phi) is 5.30. The van der Waals surface area contributed by atoms with Crippen LogP contribution in [0.5, 0.6) is 11.5 Å². The first-order valence-electron chi connectivity index (χ1n) is 7.63. The third kappa shape index (κ3) is 3.09. The number of methoxy groups -OCH3 is 2. The topological polar surface area (TPSA) is 30.5 Å². The van der Waals surface area contributed by atoms with Gasteiger partial charge in [0.2, 0.25) is 0 Å². The van der Waals surface area contributed by atoms with Crippen molar-refractivity contribution >= 4 is 0 Å². The van der Waals surface area contributed by atoms with Crippen LogP contribution in [0.3, 0.4) is 0 Å². The second-order valence-corrected chi connectivity index (χ2v) is 5.79. The van der Waals surface area contributed by atoms with Gasteiger partial charge in [-0.15, -0.1) is 0 Å². The monoisotopic (exact) mass is 277 g/mol. The third-order valence-electron chi connectivity index (χ3n) is 4.57. The molecule has 1 fully saturated rings. The number of rotatable bonds is 5. The minimum Gasteiger partial charge on any atom is -0.493 e. The molecule has 0 unspecified atom stereocenters. The van der Waals surface area contributed by atoms with E-state index in [-0.39, 0.29) is 5.41 Å². The van der Waals surface area contributed by atoms with E-state index >= 15 is 0 Å². The zero-order chi connectivity index (χ0) is 14.4. The highest BCUT2D eigenvalue weighted by atomic mass is 16.5. The lowest BCUT2D eigenvalue weighted by atomic mass is 9.74. The fraction of sp³-hybridized carbons (Fsp3) is 0.647. The Labute approximate surface area is 122 Å². The van der Waals surface area contributed by atoms with Gasteiger partial charge < -0.3 is 14.8 Å². The Morgan fingerprint density at radius 3 is 2.20 bits per heavy atom. The van der Waals surface area contributed by atoms with E-state index in [1.165, 1.54) is 44.1 Å². The van der Waals surface area contributed by atoms with Crippen LogP contribution < -0.4 is 14.8 Å². The number of hydrogen-bond donors (Lipinski definition) is 1. The molecule has 1 aliphatic rings. The molecule has 0 aliphatic heterocycles. The van der Waals surface area contributed by atoms with Crippen LogP contribution in [0.15, 0.2) is 18.2 Å². The van der Waals surface area contributed by atoms with E-state index in [1.807, 2.05) is 13.1 Å². The zero-order valence-corrected chi connectivity index (χ0v) is 13.0. The Morgan fingerprint density at radius 2 is 1.65 bits per heavy atom. The second-order valence-electron chi connectivity index (χ2n) is 5.79. The summed E-state index contributed by atoms with van der Waals surface area (Å²) in [7, 11) is 5.44. The number of ether oxygens (including phenoxy) is 2. The average Bonchev–Trinajstić information content (AvgIpc) is 2.73. The van der Waals surface area contributed by atoms with Gasteiger partial charge in [0.05, 0.1) is 14.2 Å². The molecule has 1 aromatic carbocycles. The van der Waals surface area contributed by atoms with Gasteiger partial charge in [0, 0.05) is 12.0 Å². The first-order chi connectivity index (χ1) is 9.75. The van der Waals surface area contributed by atoms with Crippen LogP contribution in [0.25, 0.3) is 0 Å². The summed E-state index contributed by atoms with van der Waals surface area (Å²) in [6.07, 6.45) is 7.86. The van der Waals surface area contributed by atoms with Crippen molar-refractivity contribution in [3.8, 4) is 11.5 Å². The van der Waals surface area contributed by atoms with Crippen molar-refractivity contribution in [1.29, 1.82) is 0 Å². The van der Waals surface area contributed by atoms with Crippen LogP contribution in [0.2, 0.25) is 0 Å². The molecule has 20 heavy (non-hydrogen) atoms. The summed E-state index contributed by atoms with van der Waals surface area (Å²) in [6.45, 7) is 1.03. The summed E-state index contributed by atoms with van der Waals surface area (Å²) in [6, 6.07) is 6.42. The molecule has 3 heteroatoms. The highest BCUT2D eigenvalue weighted by Crippen LogP contribution is 2.41. The van der Waals surface area contributed by atoms with Crippen molar-refractivity contribution in [2.75, 3.05) is 27.8 Å². The van der Waals surface area contributed by atoms with Crippen molar-refractivity contribution in [3.05, 3.63) is 23.8 Å². The van der Waals surface area contributed by atoms with Gasteiger partial charge in [0.1, 0.15) is 0 Å². The molecule has 0 aromatic heterocycles. The third-order valence-corrected chi connectivity index (χ3v) is 4.57. The van der Waals surface area contributed by atoms with Gasteiger partial charge in [-0.2, -0.15) is 0 Å². The fourth-order valence-electron chi connectivity index (χ4n) is 3.48. The van der Waals surface area contributed by atoms with Gasteiger partial charge >= 0.3 is 0 Å². The van der Waals surface area contributed by atoms with E-state index in [0.29, 0.717) is 0 Å². The van der Waals surface area contributed by atoms with E-state index in [9.17, 15) is 0 Å². The lowest BCUT2D eigenvalue weighted by molar-refractivity contribution is 0.340. The molecule has 112 valence electrons. The second kappa shape index (κ2) is 6.98. The molecule has 0 radical (unpaired) electrons. The van der Waals surface area contributed by atoms with Crippen molar-refractivity contribution in [3.63, 3.8) is 0 Å². The minimum atomic E-state index is 0.241. The molecular weight excluding hydrogens is 250 g/mol. The highest BCUT2D eigenvalue weighted by Gasteiger charge is 2.32. The van der Waals surface area contributed by atoms with Crippen LogP contribution in [0.1, 0.15) is 44.1 Å². The fourth-order valence-corrected chi connectivity index (χ4v) is 3.48. The summed E-state index contributed by atoms with van der Waals surface area (Å²) in [5, 5.41) is 3.40. The quantitative estimate of drug-likeness (QED) is 0.835. The Balaban J connectivity index is 2.37. The van der Waals surface area contributed by atoms with Gasteiger partial charge in [-0.05, 0) is 37.6 Å². The van der Waals surface area contributed by atoms with Crippen molar-refractivity contribution in [2.24, 2.45) is 0 Å². The summed E-state index contributed by atoms with van der Waals surface area (Å²) in [5.41, 5.74) is 1.62. The maximum Gasteiger partial charge on any atom is 0.161 e. The van der Waals surface area contributed by atoms with Crippen molar-refractivity contribution in [2.45, 2.75) is 43.9 Å². The first-order valence-corrected chi connectivity index (χ1v) is 7.63. The zero-order valence-electron chi connectivity index (χ0n) is 13.0. The number of benzene rings is 1. The number of hydrogen-bond acceptors (Lipinski definition) is 3. The Morgan fingerprint density at radius 1 is 1.00 bits per heavy atom. The molecule has 3 nitrogen and oxygen atoms in total. The average molecular weight is 277 g/mol. The normalized spacial score (nSPS) is 18.4. The molecule has 1 aromatic rings. The summed E-state index contributed by atoms with van der Waals surface area (Å²) < 4.78 is 10.8. The van der Waals surface area contributed by atoms with Crippen molar-refractivity contribution in [1.82, 2.24) is 5.32 Å². The first kappa shape index (κ1) is 15.2. The van der Waals surface area contributed by atoms with Gasteiger partial charge in [0.25, 0.3) is 0 Å². The molecule has 0 saturated heterocycles. The SMILES string of the molecule is CNCC1(c2ccc(OC)c(OC)c2)CCCCCC1. The van der Waals surface area contributed by atoms with Gasteiger partial charge in [-0.25, -0.2) is 0 Å². The molecule has 0 amide bonds. The van der Waals surface area contributed by atoms with E-state index in [1.54, 1.807) is 14.2 Å². The number of nitrogens with one attached hydrogen (secondary N) is 1. The van der Waals surface area contributed by atoms with E-state index in [2.05, 4.69) is 17.4 Å². The van der Waals surface area contributed by atoms with E-state index < -0.39 is 0 Å².